The van der Waals surface area contributed by atoms with Crippen molar-refractivity contribution in [2.45, 2.75) is 57.3 Å². The fraction of sp³-hybridized carbons (Fsp3) is 0.409. The molecule has 0 unspecified atom stereocenters. The lowest BCUT2D eigenvalue weighted by Crippen LogP contribution is -2.36. The van der Waals surface area contributed by atoms with Gasteiger partial charge in [0.2, 0.25) is 0 Å². The number of benzene rings is 2. The largest absolute Gasteiger partial charge is 0.299 e. The molecule has 4 rings (SSSR count). The summed E-state index contributed by atoms with van der Waals surface area (Å²) < 4.78 is 0. The Morgan fingerprint density at radius 2 is 1.78 bits per heavy atom. The van der Waals surface area contributed by atoms with Gasteiger partial charge >= 0.3 is 0 Å². The molecule has 118 valence electrons. The van der Waals surface area contributed by atoms with Crippen LogP contribution >= 0.6 is 0 Å². The average molecular weight is 304 g/mol. The highest BCUT2D eigenvalue weighted by molar-refractivity contribution is 5.98. The van der Waals surface area contributed by atoms with Gasteiger partial charge in [-0.05, 0) is 46.6 Å². The van der Waals surface area contributed by atoms with E-state index < -0.39 is 0 Å². The van der Waals surface area contributed by atoms with Gasteiger partial charge in [0.15, 0.2) is 0 Å². The summed E-state index contributed by atoms with van der Waals surface area (Å²) in [5.41, 5.74) is 6.23. The van der Waals surface area contributed by atoms with Crippen molar-refractivity contribution in [1.29, 1.82) is 0 Å². The molecule has 23 heavy (non-hydrogen) atoms. The van der Waals surface area contributed by atoms with Crippen LogP contribution in [0.25, 0.3) is 11.1 Å². The van der Waals surface area contributed by atoms with E-state index in [0.717, 1.165) is 6.42 Å². The monoisotopic (exact) mass is 304 g/mol. The molecular weight excluding hydrogens is 280 g/mol. The first kappa shape index (κ1) is 14.7. The molecule has 0 aromatic heterocycles. The maximum atomic E-state index is 12.9. The van der Waals surface area contributed by atoms with E-state index in [-0.39, 0.29) is 10.8 Å². The van der Waals surface area contributed by atoms with E-state index in [0.29, 0.717) is 18.1 Å². The Hall–Kier alpha value is -1.89. The zero-order valence-corrected chi connectivity index (χ0v) is 14.4. The van der Waals surface area contributed by atoms with Crippen molar-refractivity contribution in [3.05, 3.63) is 59.2 Å². The Balaban J connectivity index is 2.05. The average Bonchev–Trinajstić information content (AvgIpc) is 2.83. The summed E-state index contributed by atoms with van der Waals surface area (Å²) in [7, 11) is 0. The van der Waals surface area contributed by atoms with Gasteiger partial charge in [-0.15, -0.1) is 0 Å². The van der Waals surface area contributed by atoms with Crippen LogP contribution in [0.4, 0.5) is 0 Å². The summed E-state index contributed by atoms with van der Waals surface area (Å²) in [6, 6.07) is 15.4. The minimum Gasteiger partial charge on any atom is -0.299 e. The molecule has 0 radical (unpaired) electrons. The van der Waals surface area contributed by atoms with E-state index in [1.165, 1.54) is 27.8 Å². The van der Waals surface area contributed by atoms with Gasteiger partial charge in [0.05, 0.1) is 5.41 Å². The SMILES string of the molecule is CC(C)(C)c1ccc2c(c1)[C@@]1(C)C(=O)CC[C@@H]1c1ccccc1-2. The molecule has 2 aliphatic rings. The Kier molecular flexibility index (Phi) is 2.91. The summed E-state index contributed by atoms with van der Waals surface area (Å²) in [4.78, 5) is 12.9. The van der Waals surface area contributed by atoms with Crippen molar-refractivity contribution in [3.8, 4) is 11.1 Å². The molecule has 1 nitrogen and oxygen atoms in total. The third-order valence-corrected chi connectivity index (χ3v) is 6.01. The van der Waals surface area contributed by atoms with Crippen LogP contribution < -0.4 is 0 Å². The van der Waals surface area contributed by atoms with Crippen molar-refractivity contribution in [1.82, 2.24) is 0 Å². The van der Waals surface area contributed by atoms with E-state index in [9.17, 15) is 4.79 Å². The first-order valence-corrected chi connectivity index (χ1v) is 8.61. The number of Topliss-reactive ketones (excluding diaryl/α,β-unsaturated/α-hetero) is 1. The van der Waals surface area contributed by atoms with Crippen LogP contribution in [0.3, 0.4) is 0 Å². The Morgan fingerprint density at radius 1 is 1.04 bits per heavy atom. The Labute approximate surface area is 138 Å². The molecule has 0 spiro atoms. The maximum absolute atomic E-state index is 12.9. The smallest absolute Gasteiger partial charge is 0.143 e. The summed E-state index contributed by atoms with van der Waals surface area (Å²) >= 11 is 0. The molecule has 0 amide bonds. The van der Waals surface area contributed by atoms with E-state index >= 15 is 0 Å². The molecule has 0 saturated heterocycles. The highest BCUT2D eigenvalue weighted by Gasteiger charge is 2.52. The van der Waals surface area contributed by atoms with E-state index in [1.54, 1.807) is 0 Å². The molecule has 0 bridgehead atoms. The quantitative estimate of drug-likeness (QED) is 0.639. The van der Waals surface area contributed by atoms with Crippen molar-refractivity contribution >= 4 is 5.78 Å². The van der Waals surface area contributed by atoms with Crippen LogP contribution in [0.5, 0.6) is 0 Å². The lowest BCUT2D eigenvalue weighted by molar-refractivity contribution is -0.122. The number of ketones is 1. The van der Waals surface area contributed by atoms with Crippen molar-refractivity contribution in [2.75, 3.05) is 0 Å². The van der Waals surface area contributed by atoms with Crippen LogP contribution in [0.15, 0.2) is 42.5 Å². The van der Waals surface area contributed by atoms with Crippen LogP contribution in [0, 0.1) is 0 Å². The summed E-state index contributed by atoms with van der Waals surface area (Å²) in [5.74, 6) is 0.734. The molecule has 2 atom stereocenters. The Morgan fingerprint density at radius 3 is 2.52 bits per heavy atom. The second-order valence-electron chi connectivity index (χ2n) is 8.31. The Bertz CT molecular complexity index is 809. The number of hydrogen-bond donors (Lipinski definition) is 0. The van der Waals surface area contributed by atoms with Gasteiger partial charge in [-0.1, -0.05) is 63.2 Å². The standard InChI is InChI=1S/C22H24O/c1-21(2,3)14-9-10-17-15-7-5-6-8-16(15)18-11-12-20(23)22(18,4)19(17)13-14/h5-10,13,18H,11-12H2,1-4H3/t18-,22+/m1/s1. The van der Waals surface area contributed by atoms with Gasteiger partial charge in [-0.3, -0.25) is 4.79 Å². The molecule has 0 aliphatic heterocycles. The van der Waals surface area contributed by atoms with Crippen LogP contribution in [0.2, 0.25) is 0 Å². The lowest BCUT2D eigenvalue weighted by Gasteiger charge is -2.39. The molecule has 2 aliphatic carbocycles. The fourth-order valence-corrected chi connectivity index (χ4v) is 4.54. The molecular formula is C22H24O. The van der Waals surface area contributed by atoms with Gasteiger partial charge < -0.3 is 0 Å². The van der Waals surface area contributed by atoms with Crippen LogP contribution in [-0.4, -0.2) is 5.78 Å². The minimum atomic E-state index is -0.356. The third-order valence-electron chi connectivity index (χ3n) is 6.01. The number of hydrogen-bond acceptors (Lipinski definition) is 1. The first-order chi connectivity index (χ1) is 10.8. The van der Waals surface area contributed by atoms with Gasteiger partial charge in [0.1, 0.15) is 5.78 Å². The molecule has 2 aromatic carbocycles. The van der Waals surface area contributed by atoms with E-state index in [4.69, 9.17) is 0 Å². The first-order valence-electron chi connectivity index (χ1n) is 8.61. The molecule has 1 heteroatoms. The summed E-state index contributed by atoms with van der Waals surface area (Å²) in [6.45, 7) is 8.89. The zero-order valence-electron chi connectivity index (χ0n) is 14.4. The number of rotatable bonds is 0. The number of carbonyl (C=O) groups is 1. The minimum absolute atomic E-state index is 0.0967. The third kappa shape index (κ3) is 1.89. The molecule has 1 saturated carbocycles. The van der Waals surface area contributed by atoms with E-state index in [2.05, 4.69) is 70.2 Å². The highest BCUT2D eigenvalue weighted by Crippen LogP contribution is 2.57. The molecule has 0 heterocycles. The summed E-state index contributed by atoms with van der Waals surface area (Å²) in [6.07, 6.45) is 1.68. The van der Waals surface area contributed by atoms with Crippen molar-refractivity contribution in [3.63, 3.8) is 0 Å². The topological polar surface area (TPSA) is 17.1 Å². The van der Waals surface area contributed by atoms with Gasteiger partial charge in [0, 0.05) is 12.3 Å². The normalized spacial score (nSPS) is 25.7. The predicted molar refractivity (Wildman–Crippen MR) is 94.9 cm³/mol. The van der Waals surface area contributed by atoms with Crippen molar-refractivity contribution < 1.29 is 4.79 Å². The number of fused-ring (bicyclic) bond motifs is 6. The second-order valence-corrected chi connectivity index (χ2v) is 8.31. The highest BCUT2D eigenvalue weighted by atomic mass is 16.1. The van der Waals surface area contributed by atoms with Gasteiger partial charge in [-0.25, -0.2) is 0 Å². The van der Waals surface area contributed by atoms with Gasteiger partial charge in [0.25, 0.3) is 0 Å². The van der Waals surface area contributed by atoms with Crippen molar-refractivity contribution in [2.24, 2.45) is 0 Å². The molecule has 1 fully saturated rings. The number of carbonyl (C=O) groups excluding carboxylic acids is 1. The van der Waals surface area contributed by atoms with Crippen LogP contribution in [-0.2, 0) is 15.6 Å². The molecule has 2 aromatic rings. The zero-order chi connectivity index (χ0) is 16.4. The maximum Gasteiger partial charge on any atom is 0.143 e. The lowest BCUT2D eigenvalue weighted by atomic mass is 9.62. The predicted octanol–water partition coefficient (Wildman–Crippen LogP) is 5.37. The molecule has 0 N–H and O–H groups in total. The van der Waals surface area contributed by atoms with E-state index in [1.807, 2.05) is 0 Å². The fourth-order valence-electron chi connectivity index (χ4n) is 4.54. The summed E-state index contributed by atoms with van der Waals surface area (Å²) in [5, 5.41) is 0. The van der Waals surface area contributed by atoms with Crippen LogP contribution in [0.1, 0.15) is 63.1 Å². The van der Waals surface area contributed by atoms with Gasteiger partial charge in [-0.2, -0.15) is 0 Å². The second kappa shape index (κ2) is 4.56.